The molecule has 33 heavy (non-hydrogen) atoms. The normalized spacial score (nSPS) is 11.2. The Bertz CT molecular complexity index is 1290. The number of benzene rings is 2. The Morgan fingerprint density at radius 3 is 2.48 bits per heavy atom. The Labute approximate surface area is 199 Å². The average Bonchev–Trinajstić information content (AvgIpc) is 3.15. The molecule has 0 fully saturated rings. The molecule has 0 atom stereocenters. The quantitative estimate of drug-likeness (QED) is 0.362. The molecule has 0 aliphatic heterocycles. The standard InChI is InChI=1S/C27H28ClN3O2/c1-17(2)29-26(32)14-12-24-27(19-5-9-22(33-4)10-6-19)30-25-13-7-20(16-31(24)25)23-11-8-21(28)15-18(23)3/h5-11,13,15-17H,12,14H2,1-4H3,(H,29,32). The fourth-order valence-corrected chi connectivity index (χ4v) is 4.28. The van der Waals surface area contributed by atoms with Gasteiger partial charge in [0.1, 0.15) is 11.4 Å². The van der Waals surface area contributed by atoms with Crippen molar-refractivity contribution in [3.8, 4) is 28.1 Å². The van der Waals surface area contributed by atoms with Gasteiger partial charge in [0.2, 0.25) is 5.91 Å². The van der Waals surface area contributed by atoms with Crippen molar-refractivity contribution in [1.29, 1.82) is 0 Å². The second-order valence-corrected chi connectivity index (χ2v) is 8.90. The first-order valence-corrected chi connectivity index (χ1v) is 11.4. The molecule has 0 spiro atoms. The zero-order chi connectivity index (χ0) is 23.5. The zero-order valence-electron chi connectivity index (χ0n) is 19.4. The van der Waals surface area contributed by atoms with Crippen molar-refractivity contribution in [3.05, 3.63) is 77.1 Å². The number of carbonyl (C=O) groups is 1. The van der Waals surface area contributed by atoms with E-state index < -0.39 is 0 Å². The minimum atomic E-state index is 0.0327. The predicted octanol–water partition coefficient (Wildman–Crippen LogP) is 6.10. The van der Waals surface area contributed by atoms with Crippen LogP contribution in [0.5, 0.6) is 5.75 Å². The van der Waals surface area contributed by atoms with Gasteiger partial charge in [-0.05, 0) is 92.4 Å². The maximum atomic E-state index is 12.4. The van der Waals surface area contributed by atoms with Gasteiger partial charge >= 0.3 is 0 Å². The molecule has 2 aromatic heterocycles. The summed E-state index contributed by atoms with van der Waals surface area (Å²) in [4.78, 5) is 17.3. The topological polar surface area (TPSA) is 55.6 Å². The van der Waals surface area contributed by atoms with Gasteiger partial charge in [-0.25, -0.2) is 4.98 Å². The number of halogens is 1. The summed E-state index contributed by atoms with van der Waals surface area (Å²) in [5.74, 6) is 0.825. The minimum absolute atomic E-state index is 0.0327. The molecule has 2 aromatic carbocycles. The largest absolute Gasteiger partial charge is 0.497 e. The second-order valence-electron chi connectivity index (χ2n) is 8.46. The summed E-state index contributed by atoms with van der Waals surface area (Å²) in [5.41, 5.74) is 7.00. The van der Waals surface area contributed by atoms with Gasteiger partial charge < -0.3 is 14.5 Å². The van der Waals surface area contributed by atoms with Gasteiger partial charge in [-0.2, -0.15) is 0 Å². The molecule has 1 N–H and O–H groups in total. The van der Waals surface area contributed by atoms with E-state index in [0.717, 1.165) is 50.1 Å². The van der Waals surface area contributed by atoms with E-state index in [-0.39, 0.29) is 11.9 Å². The van der Waals surface area contributed by atoms with Crippen LogP contribution in [0.4, 0.5) is 0 Å². The SMILES string of the molecule is COc1ccc(-c2nc3ccc(-c4ccc(Cl)cc4C)cn3c2CCC(=O)NC(C)C)cc1. The number of pyridine rings is 1. The lowest BCUT2D eigenvalue weighted by Crippen LogP contribution is -2.30. The molecule has 2 heterocycles. The highest BCUT2D eigenvalue weighted by Gasteiger charge is 2.17. The van der Waals surface area contributed by atoms with Gasteiger partial charge in [-0.3, -0.25) is 4.79 Å². The Balaban J connectivity index is 1.80. The number of imidazole rings is 1. The van der Waals surface area contributed by atoms with E-state index >= 15 is 0 Å². The van der Waals surface area contributed by atoms with E-state index in [1.54, 1.807) is 7.11 Å². The number of rotatable bonds is 7. The molecule has 170 valence electrons. The molecule has 0 bridgehead atoms. The van der Waals surface area contributed by atoms with Gasteiger partial charge in [0.05, 0.1) is 18.5 Å². The molecule has 0 aliphatic rings. The number of aromatic nitrogens is 2. The van der Waals surface area contributed by atoms with Crippen LogP contribution in [0.2, 0.25) is 5.02 Å². The van der Waals surface area contributed by atoms with Crippen LogP contribution >= 0.6 is 11.6 Å². The molecule has 0 aliphatic carbocycles. The summed E-state index contributed by atoms with van der Waals surface area (Å²) in [7, 11) is 1.65. The molecule has 1 amide bonds. The van der Waals surface area contributed by atoms with E-state index in [1.807, 2.05) is 62.4 Å². The first-order valence-electron chi connectivity index (χ1n) is 11.1. The van der Waals surface area contributed by atoms with Crippen LogP contribution in [0.1, 0.15) is 31.5 Å². The fraction of sp³-hybridized carbons (Fsp3) is 0.259. The number of nitrogens with zero attached hydrogens (tertiary/aromatic N) is 2. The van der Waals surface area contributed by atoms with Crippen LogP contribution in [-0.2, 0) is 11.2 Å². The van der Waals surface area contributed by atoms with Gasteiger partial charge in [0, 0.05) is 29.2 Å². The van der Waals surface area contributed by atoms with E-state index in [4.69, 9.17) is 21.3 Å². The summed E-state index contributed by atoms with van der Waals surface area (Å²) < 4.78 is 7.41. The van der Waals surface area contributed by atoms with E-state index in [2.05, 4.69) is 28.9 Å². The van der Waals surface area contributed by atoms with E-state index in [1.165, 1.54) is 0 Å². The number of fused-ring (bicyclic) bond motifs is 1. The Morgan fingerprint density at radius 1 is 1.09 bits per heavy atom. The molecule has 6 heteroatoms. The lowest BCUT2D eigenvalue weighted by Gasteiger charge is -2.11. The van der Waals surface area contributed by atoms with Crippen LogP contribution in [0, 0.1) is 6.92 Å². The highest BCUT2D eigenvalue weighted by molar-refractivity contribution is 6.30. The molecular weight excluding hydrogens is 434 g/mol. The molecule has 0 saturated heterocycles. The lowest BCUT2D eigenvalue weighted by atomic mass is 10.0. The predicted molar refractivity (Wildman–Crippen MR) is 134 cm³/mol. The first-order chi connectivity index (χ1) is 15.9. The lowest BCUT2D eigenvalue weighted by molar-refractivity contribution is -0.121. The van der Waals surface area contributed by atoms with E-state index in [9.17, 15) is 4.79 Å². The number of ether oxygens (including phenoxy) is 1. The van der Waals surface area contributed by atoms with Crippen LogP contribution < -0.4 is 10.1 Å². The average molecular weight is 462 g/mol. The third-order valence-corrected chi connectivity index (χ3v) is 5.85. The molecule has 5 nitrogen and oxygen atoms in total. The summed E-state index contributed by atoms with van der Waals surface area (Å²) in [6, 6.07) is 18.0. The number of amides is 1. The molecule has 0 unspecified atom stereocenters. The van der Waals surface area contributed by atoms with Crippen molar-refractivity contribution in [2.45, 2.75) is 39.7 Å². The Hall–Kier alpha value is -3.31. The van der Waals surface area contributed by atoms with Gasteiger partial charge in [0.25, 0.3) is 0 Å². The second kappa shape index (κ2) is 9.67. The number of aryl methyl sites for hydroxylation is 2. The molecular formula is C27H28ClN3O2. The summed E-state index contributed by atoms with van der Waals surface area (Å²) in [6.07, 6.45) is 3.06. The maximum Gasteiger partial charge on any atom is 0.220 e. The van der Waals surface area contributed by atoms with Crippen molar-refractivity contribution in [2.75, 3.05) is 7.11 Å². The molecule has 4 aromatic rings. The summed E-state index contributed by atoms with van der Waals surface area (Å²) >= 11 is 6.16. The molecule has 0 radical (unpaired) electrons. The number of nitrogens with one attached hydrogen (secondary N) is 1. The third kappa shape index (κ3) is 5.04. The van der Waals surface area contributed by atoms with Crippen LogP contribution in [0.15, 0.2) is 60.8 Å². The van der Waals surface area contributed by atoms with Gasteiger partial charge in [-0.1, -0.05) is 17.7 Å². The van der Waals surface area contributed by atoms with Crippen molar-refractivity contribution in [1.82, 2.24) is 14.7 Å². The summed E-state index contributed by atoms with van der Waals surface area (Å²) in [5, 5.41) is 3.70. The third-order valence-electron chi connectivity index (χ3n) is 5.62. The number of carbonyl (C=O) groups excluding carboxylic acids is 1. The highest BCUT2D eigenvalue weighted by Crippen LogP contribution is 2.31. The Kier molecular flexibility index (Phi) is 6.70. The van der Waals surface area contributed by atoms with Gasteiger partial charge in [0.15, 0.2) is 0 Å². The van der Waals surface area contributed by atoms with Crippen LogP contribution in [0.25, 0.3) is 28.0 Å². The summed E-state index contributed by atoms with van der Waals surface area (Å²) in [6.45, 7) is 5.99. The highest BCUT2D eigenvalue weighted by atomic mass is 35.5. The first kappa shape index (κ1) is 22.9. The van der Waals surface area contributed by atoms with Crippen molar-refractivity contribution < 1.29 is 9.53 Å². The monoisotopic (exact) mass is 461 g/mol. The number of hydrogen-bond donors (Lipinski definition) is 1. The van der Waals surface area contributed by atoms with Crippen molar-refractivity contribution in [2.24, 2.45) is 0 Å². The van der Waals surface area contributed by atoms with Crippen molar-refractivity contribution in [3.63, 3.8) is 0 Å². The van der Waals surface area contributed by atoms with Gasteiger partial charge in [-0.15, -0.1) is 0 Å². The minimum Gasteiger partial charge on any atom is -0.497 e. The van der Waals surface area contributed by atoms with Crippen LogP contribution in [-0.4, -0.2) is 28.4 Å². The van der Waals surface area contributed by atoms with E-state index in [0.29, 0.717) is 12.8 Å². The zero-order valence-corrected chi connectivity index (χ0v) is 20.1. The smallest absolute Gasteiger partial charge is 0.220 e. The Morgan fingerprint density at radius 2 is 1.82 bits per heavy atom. The number of methoxy groups -OCH3 is 1. The van der Waals surface area contributed by atoms with Crippen molar-refractivity contribution >= 4 is 23.2 Å². The fourth-order valence-electron chi connectivity index (χ4n) is 4.05. The number of hydrogen-bond acceptors (Lipinski definition) is 3. The molecule has 4 rings (SSSR count). The van der Waals surface area contributed by atoms with Crippen LogP contribution in [0.3, 0.4) is 0 Å². The maximum absolute atomic E-state index is 12.4. The molecule has 0 saturated carbocycles.